The van der Waals surface area contributed by atoms with Crippen molar-refractivity contribution in [1.82, 2.24) is 4.57 Å². The van der Waals surface area contributed by atoms with Crippen LogP contribution in [0.4, 0.5) is 0 Å². The Labute approximate surface area is 214 Å². The molecule has 1 atom stereocenters. The average molecular weight is 531 g/mol. The Balaban J connectivity index is 1.90. The molecule has 0 saturated heterocycles. The minimum absolute atomic E-state index is 0.176. The van der Waals surface area contributed by atoms with Crippen molar-refractivity contribution in [2.24, 2.45) is 4.99 Å². The molecule has 0 bridgehead atoms. The van der Waals surface area contributed by atoms with Gasteiger partial charge in [-0.2, -0.15) is 0 Å². The largest absolute Gasteiger partial charge is 0.463 e. The van der Waals surface area contributed by atoms with Crippen LogP contribution < -0.4 is 19.6 Å². The van der Waals surface area contributed by atoms with E-state index in [2.05, 4.69) is 4.99 Å². The van der Waals surface area contributed by atoms with Crippen LogP contribution in [0.3, 0.4) is 0 Å². The first-order valence-electron chi connectivity index (χ1n) is 10.6. The number of allylic oxidation sites excluding steroid dienone is 1. The minimum Gasteiger partial charge on any atom is -0.463 e. The predicted octanol–water partition coefficient (Wildman–Crippen LogP) is 4.03. The predicted molar refractivity (Wildman–Crippen MR) is 135 cm³/mol. The van der Waals surface area contributed by atoms with Crippen molar-refractivity contribution >= 4 is 52.6 Å². The fourth-order valence-corrected chi connectivity index (χ4v) is 5.10. The van der Waals surface area contributed by atoms with Crippen LogP contribution >= 0.6 is 34.5 Å². The highest BCUT2D eigenvalue weighted by Gasteiger charge is 2.33. The molecule has 35 heavy (non-hydrogen) atoms. The van der Waals surface area contributed by atoms with Crippen LogP contribution in [-0.2, 0) is 14.3 Å². The molecule has 0 aliphatic carbocycles. The number of hydrogen-bond donors (Lipinski definition) is 0. The van der Waals surface area contributed by atoms with Gasteiger partial charge < -0.3 is 9.47 Å². The molecule has 0 unspecified atom stereocenters. The Bertz CT molecular complexity index is 1540. The van der Waals surface area contributed by atoms with Crippen LogP contribution in [-0.4, -0.2) is 23.1 Å². The molecule has 0 spiro atoms. The number of carbonyl (C=O) groups is 2. The third-order valence-electron chi connectivity index (χ3n) is 5.22. The Hall–Kier alpha value is -3.20. The lowest BCUT2D eigenvalue weighted by Crippen LogP contribution is -2.39. The maximum absolute atomic E-state index is 13.6. The minimum atomic E-state index is -0.771. The smallest absolute Gasteiger partial charge is 0.338 e. The van der Waals surface area contributed by atoms with Gasteiger partial charge in [0, 0.05) is 6.92 Å². The SMILES string of the molecule is CCOC(=O)C1=C(C)N=c2sc(=Cc3ccc(Cl)c(Cl)c3)c(=O)n2[C@@H]1c1ccc(OC(C)=O)cc1. The van der Waals surface area contributed by atoms with Crippen LogP contribution in [0.1, 0.15) is 37.9 Å². The number of esters is 2. The lowest BCUT2D eigenvalue weighted by atomic mass is 9.96. The van der Waals surface area contributed by atoms with E-state index in [-0.39, 0.29) is 17.7 Å². The molecular formula is C25H20Cl2N2O5S. The van der Waals surface area contributed by atoms with Gasteiger partial charge in [0.25, 0.3) is 5.56 Å². The monoisotopic (exact) mass is 530 g/mol. The molecule has 7 nitrogen and oxygen atoms in total. The molecule has 10 heteroatoms. The molecule has 2 heterocycles. The molecule has 1 aliphatic heterocycles. The molecule has 0 N–H and O–H groups in total. The molecule has 0 radical (unpaired) electrons. The number of rotatable bonds is 5. The number of ether oxygens (including phenoxy) is 2. The Morgan fingerprint density at radius 1 is 1.14 bits per heavy atom. The summed E-state index contributed by atoms with van der Waals surface area (Å²) < 4.78 is 12.3. The molecule has 180 valence electrons. The molecule has 0 amide bonds. The van der Waals surface area contributed by atoms with Crippen molar-refractivity contribution in [3.05, 3.63) is 94.6 Å². The first kappa shape index (κ1) is 24.9. The zero-order valence-electron chi connectivity index (χ0n) is 19.0. The van der Waals surface area contributed by atoms with Crippen molar-refractivity contribution in [2.75, 3.05) is 6.61 Å². The normalized spacial score (nSPS) is 15.5. The van der Waals surface area contributed by atoms with Crippen molar-refractivity contribution in [3.8, 4) is 5.75 Å². The third-order valence-corrected chi connectivity index (χ3v) is 6.94. The van der Waals surface area contributed by atoms with Crippen LogP contribution in [0.5, 0.6) is 5.75 Å². The van der Waals surface area contributed by atoms with E-state index >= 15 is 0 Å². The van der Waals surface area contributed by atoms with Gasteiger partial charge in [0.1, 0.15) is 5.75 Å². The molecule has 0 saturated carbocycles. The molecule has 1 aliphatic rings. The van der Waals surface area contributed by atoms with Crippen molar-refractivity contribution in [3.63, 3.8) is 0 Å². The highest BCUT2D eigenvalue weighted by Crippen LogP contribution is 2.31. The molecule has 2 aromatic carbocycles. The van der Waals surface area contributed by atoms with E-state index in [0.29, 0.717) is 42.0 Å². The Morgan fingerprint density at radius 3 is 2.49 bits per heavy atom. The average Bonchev–Trinajstić information content (AvgIpc) is 3.10. The van der Waals surface area contributed by atoms with Crippen LogP contribution in [0.15, 0.2) is 63.5 Å². The van der Waals surface area contributed by atoms with Crippen molar-refractivity contribution < 1.29 is 19.1 Å². The van der Waals surface area contributed by atoms with Crippen LogP contribution in [0, 0.1) is 0 Å². The number of hydrogen-bond acceptors (Lipinski definition) is 7. The maximum Gasteiger partial charge on any atom is 0.338 e. The zero-order chi connectivity index (χ0) is 25.3. The van der Waals surface area contributed by atoms with Gasteiger partial charge >= 0.3 is 11.9 Å². The number of carbonyl (C=O) groups excluding carboxylic acids is 2. The van der Waals surface area contributed by atoms with Crippen molar-refractivity contribution in [2.45, 2.75) is 26.8 Å². The summed E-state index contributed by atoms with van der Waals surface area (Å²) in [5, 5.41) is 0.788. The Morgan fingerprint density at radius 2 is 1.86 bits per heavy atom. The Kier molecular flexibility index (Phi) is 7.25. The molecule has 1 aromatic heterocycles. The summed E-state index contributed by atoms with van der Waals surface area (Å²) >= 11 is 13.3. The van der Waals surface area contributed by atoms with E-state index in [0.717, 1.165) is 0 Å². The second-order valence-electron chi connectivity index (χ2n) is 7.64. The lowest BCUT2D eigenvalue weighted by Gasteiger charge is -2.24. The zero-order valence-corrected chi connectivity index (χ0v) is 21.3. The van der Waals surface area contributed by atoms with E-state index in [1.165, 1.54) is 22.8 Å². The van der Waals surface area contributed by atoms with Crippen molar-refractivity contribution in [1.29, 1.82) is 0 Å². The first-order valence-corrected chi connectivity index (χ1v) is 12.2. The van der Waals surface area contributed by atoms with Gasteiger partial charge in [0.2, 0.25) is 0 Å². The number of halogens is 2. The summed E-state index contributed by atoms with van der Waals surface area (Å²) in [5.41, 5.74) is 1.75. The summed E-state index contributed by atoms with van der Waals surface area (Å²) in [6.07, 6.45) is 1.70. The summed E-state index contributed by atoms with van der Waals surface area (Å²) in [6, 6.07) is 10.9. The number of thiazole rings is 1. The second-order valence-corrected chi connectivity index (χ2v) is 9.46. The highest BCUT2D eigenvalue weighted by molar-refractivity contribution is 7.07. The van der Waals surface area contributed by atoms with E-state index in [9.17, 15) is 14.4 Å². The first-order chi connectivity index (χ1) is 16.7. The second kappa shape index (κ2) is 10.2. The molecular weight excluding hydrogens is 511 g/mol. The van der Waals surface area contributed by atoms with E-state index in [4.69, 9.17) is 32.7 Å². The lowest BCUT2D eigenvalue weighted by molar-refractivity contribution is -0.139. The summed E-state index contributed by atoms with van der Waals surface area (Å²) in [5.74, 6) is -0.649. The van der Waals surface area contributed by atoms with E-state index in [1.54, 1.807) is 62.4 Å². The number of fused-ring (bicyclic) bond motifs is 1. The molecule has 3 aromatic rings. The van der Waals surface area contributed by atoms with Gasteiger partial charge in [0.05, 0.1) is 38.5 Å². The van der Waals surface area contributed by atoms with Gasteiger partial charge in [-0.25, -0.2) is 9.79 Å². The standard InChI is InChI=1S/C25H20Cl2N2O5S/c1-4-33-24(32)21-13(2)28-25-29(22(21)16-6-8-17(9-7-16)34-14(3)30)23(31)20(35-25)12-15-5-10-18(26)19(27)11-15/h5-12,22H,4H2,1-3H3/t22-/m1/s1. The maximum atomic E-state index is 13.6. The number of nitrogens with zero attached hydrogens (tertiary/aromatic N) is 2. The fourth-order valence-electron chi connectivity index (χ4n) is 3.74. The quantitative estimate of drug-likeness (QED) is 0.367. The summed E-state index contributed by atoms with van der Waals surface area (Å²) in [4.78, 5) is 42.8. The summed E-state index contributed by atoms with van der Waals surface area (Å²) in [6.45, 7) is 4.91. The van der Waals surface area contributed by atoms with E-state index in [1.807, 2.05) is 0 Å². The van der Waals surface area contributed by atoms with E-state index < -0.39 is 18.0 Å². The van der Waals surface area contributed by atoms with Gasteiger partial charge in [-0.1, -0.05) is 52.7 Å². The number of aromatic nitrogens is 1. The van der Waals surface area contributed by atoms with Gasteiger partial charge in [-0.3, -0.25) is 14.2 Å². The van der Waals surface area contributed by atoms with Gasteiger partial charge in [-0.15, -0.1) is 0 Å². The van der Waals surface area contributed by atoms with Crippen LogP contribution in [0.25, 0.3) is 6.08 Å². The topological polar surface area (TPSA) is 87.0 Å². The highest BCUT2D eigenvalue weighted by atomic mass is 35.5. The number of benzene rings is 2. The van der Waals surface area contributed by atoms with Crippen LogP contribution in [0.2, 0.25) is 10.0 Å². The van der Waals surface area contributed by atoms with Gasteiger partial charge in [-0.05, 0) is 55.3 Å². The molecule has 4 rings (SSSR count). The molecule has 0 fully saturated rings. The third kappa shape index (κ3) is 5.10. The van der Waals surface area contributed by atoms with Gasteiger partial charge in [0.15, 0.2) is 4.80 Å². The summed E-state index contributed by atoms with van der Waals surface area (Å²) in [7, 11) is 0. The fraction of sp³-hybridized carbons (Fsp3) is 0.200.